The SMILES string of the molecule is CC1(C)C(CNC(=O)c2ccc(NN)cn2)C1(C)C. The predicted octanol–water partition coefficient (Wildman–Crippen LogP) is 1.78. The lowest BCUT2D eigenvalue weighted by Gasteiger charge is -2.06. The molecule has 1 heterocycles. The van der Waals surface area contributed by atoms with Crippen LogP contribution in [0.15, 0.2) is 18.3 Å². The minimum absolute atomic E-state index is 0.137. The number of rotatable bonds is 4. The third-order valence-corrected chi connectivity index (χ3v) is 4.95. The highest BCUT2D eigenvalue weighted by Gasteiger charge is 2.64. The van der Waals surface area contributed by atoms with Crippen LogP contribution in [0.4, 0.5) is 5.69 Å². The second-order valence-corrected chi connectivity index (χ2v) is 6.28. The monoisotopic (exact) mass is 262 g/mol. The molecule has 0 spiro atoms. The zero-order chi connectivity index (χ0) is 14.3. The molecular formula is C14H22N4O. The molecule has 104 valence electrons. The third-order valence-electron chi connectivity index (χ3n) is 4.95. The first-order valence-corrected chi connectivity index (χ1v) is 6.51. The van der Waals surface area contributed by atoms with Crippen molar-refractivity contribution in [2.75, 3.05) is 12.0 Å². The van der Waals surface area contributed by atoms with Crippen molar-refractivity contribution in [1.82, 2.24) is 10.3 Å². The Hall–Kier alpha value is -1.62. The fourth-order valence-corrected chi connectivity index (χ4v) is 2.74. The topological polar surface area (TPSA) is 80.0 Å². The molecule has 4 N–H and O–H groups in total. The maximum Gasteiger partial charge on any atom is 0.269 e. The Morgan fingerprint density at radius 2 is 1.95 bits per heavy atom. The quantitative estimate of drug-likeness (QED) is 0.571. The van der Waals surface area contributed by atoms with Gasteiger partial charge in [-0.2, -0.15) is 0 Å². The number of aromatic nitrogens is 1. The van der Waals surface area contributed by atoms with Crippen LogP contribution in [0.5, 0.6) is 0 Å². The van der Waals surface area contributed by atoms with Gasteiger partial charge in [0.05, 0.1) is 11.9 Å². The molecule has 1 aromatic rings. The largest absolute Gasteiger partial charge is 0.350 e. The van der Waals surface area contributed by atoms with Crippen molar-refractivity contribution in [3.63, 3.8) is 0 Å². The van der Waals surface area contributed by atoms with E-state index in [1.54, 1.807) is 18.3 Å². The van der Waals surface area contributed by atoms with Crippen molar-refractivity contribution in [1.29, 1.82) is 0 Å². The molecule has 0 bridgehead atoms. The summed E-state index contributed by atoms with van der Waals surface area (Å²) < 4.78 is 0. The van der Waals surface area contributed by atoms with Crippen molar-refractivity contribution >= 4 is 11.6 Å². The number of anilines is 1. The maximum absolute atomic E-state index is 12.0. The maximum atomic E-state index is 12.0. The van der Waals surface area contributed by atoms with Crippen LogP contribution in [-0.2, 0) is 0 Å². The Balaban J connectivity index is 1.92. The highest BCUT2D eigenvalue weighted by Crippen LogP contribution is 2.67. The standard InChI is InChI=1S/C14H22N4O/c1-13(2)11(14(13,3)4)8-17-12(19)10-6-5-9(18-15)7-16-10/h5-7,11,18H,8,15H2,1-4H3,(H,17,19). The summed E-state index contributed by atoms with van der Waals surface area (Å²) in [6, 6.07) is 3.39. The molecule has 0 unspecified atom stereocenters. The number of hydrazine groups is 1. The van der Waals surface area contributed by atoms with E-state index in [1.807, 2.05) is 0 Å². The molecule has 1 aliphatic rings. The third kappa shape index (κ3) is 2.30. The Bertz CT molecular complexity index is 465. The number of carbonyl (C=O) groups excluding carboxylic acids is 1. The molecule has 5 nitrogen and oxygen atoms in total. The molecule has 19 heavy (non-hydrogen) atoms. The molecule has 2 rings (SSSR count). The van der Waals surface area contributed by atoms with Crippen molar-refractivity contribution in [2.45, 2.75) is 27.7 Å². The van der Waals surface area contributed by atoms with E-state index >= 15 is 0 Å². The summed E-state index contributed by atoms with van der Waals surface area (Å²) in [5, 5.41) is 2.96. The summed E-state index contributed by atoms with van der Waals surface area (Å²) >= 11 is 0. The van der Waals surface area contributed by atoms with Crippen LogP contribution in [0.2, 0.25) is 0 Å². The molecule has 1 aromatic heterocycles. The van der Waals surface area contributed by atoms with Gasteiger partial charge in [0.2, 0.25) is 0 Å². The van der Waals surface area contributed by atoms with Crippen LogP contribution in [0.1, 0.15) is 38.2 Å². The van der Waals surface area contributed by atoms with E-state index in [0.29, 0.717) is 23.8 Å². The second kappa shape index (κ2) is 4.49. The number of nitrogens with two attached hydrogens (primary N) is 1. The van der Waals surface area contributed by atoms with E-state index < -0.39 is 0 Å². The van der Waals surface area contributed by atoms with Gasteiger partial charge >= 0.3 is 0 Å². The summed E-state index contributed by atoms with van der Waals surface area (Å²) in [4.78, 5) is 16.0. The van der Waals surface area contributed by atoms with E-state index in [2.05, 4.69) is 43.4 Å². The van der Waals surface area contributed by atoms with Crippen molar-refractivity contribution in [3.05, 3.63) is 24.0 Å². The predicted molar refractivity (Wildman–Crippen MR) is 75.4 cm³/mol. The molecule has 0 aliphatic heterocycles. The number of carbonyl (C=O) groups is 1. The average Bonchev–Trinajstić information content (AvgIpc) is 2.77. The van der Waals surface area contributed by atoms with Crippen LogP contribution < -0.4 is 16.6 Å². The fourth-order valence-electron chi connectivity index (χ4n) is 2.74. The van der Waals surface area contributed by atoms with Crippen LogP contribution in [0.25, 0.3) is 0 Å². The van der Waals surface area contributed by atoms with Gasteiger partial charge in [0.25, 0.3) is 5.91 Å². The minimum atomic E-state index is -0.137. The van der Waals surface area contributed by atoms with Gasteiger partial charge in [-0.3, -0.25) is 10.6 Å². The molecule has 1 fully saturated rings. The fraction of sp³-hybridized carbons (Fsp3) is 0.571. The van der Waals surface area contributed by atoms with Crippen molar-refractivity contribution in [3.8, 4) is 0 Å². The second-order valence-electron chi connectivity index (χ2n) is 6.28. The van der Waals surface area contributed by atoms with Crippen LogP contribution >= 0.6 is 0 Å². The van der Waals surface area contributed by atoms with Gasteiger partial charge in [-0.25, -0.2) is 4.98 Å². The molecular weight excluding hydrogens is 240 g/mol. The molecule has 1 amide bonds. The van der Waals surface area contributed by atoms with Crippen molar-refractivity contribution < 1.29 is 4.79 Å². The number of nitrogen functional groups attached to an aromatic ring is 1. The number of nitrogens with one attached hydrogen (secondary N) is 2. The van der Waals surface area contributed by atoms with Crippen molar-refractivity contribution in [2.24, 2.45) is 22.6 Å². The highest BCUT2D eigenvalue weighted by atomic mass is 16.1. The zero-order valence-electron chi connectivity index (χ0n) is 11.9. The Morgan fingerprint density at radius 3 is 2.37 bits per heavy atom. The van der Waals surface area contributed by atoms with Crippen LogP contribution in [-0.4, -0.2) is 17.4 Å². The van der Waals surface area contributed by atoms with Gasteiger partial charge in [0.1, 0.15) is 5.69 Å². The lowest BCUT2D eigenvalue weighted by atomic mass is 10.0. The van der Waals surface area contributed by atoms with Gasteiger partial charge in [-0.05, 0) is 28.9 Å². The van der Waals surface area contributed by atoms with E-state index in [1.165, 1.54) is 0 Å². The van der Waals surface area contributed by atoms with Gasteiger partial charge in [-0.15, -0.1) is 0 Å². The molecule has 1 saturated carbocycles. The van der Waals surface area contributed by atoms with Gasteiger partial charge < -0.3 is 10.7 Å². The van der Waals surface area contributed by atoms with Crippen LogP contribution in [0, 0.1) is 16.7 Å². The lowest BCUT2D eigenvalue weighted by Crippen LogP contribution is -2.27. The number of nitrogens with zero attached hydrogens (tertiary/aromatic N) is 1. The summed E-state index contributed by atoms with van der Waals surface area (Å²) in [6.45, 7) is 9.65. The normalized spacial score (nSPS) is 19.8. The Morgan fingerprint density at radius 1 is 1.32 bits per heavy atom. The first kappa shape index (κ1) is 13.8. The first-order valence-electron chi connectivity index (χ1n) is 6.51. The van der Waals surface area contributed by atoms with Gasteiger partial charge in [0, 0.05) is 6.54 Å². The highest BCUT2D eigenvalue weighted by molar-refractivity contribution is 5.92. The number of hydrogen-bond donors (Lipinski definition) is 3. The van der Waals surface area contributed by atoms with E-state index in [0.717, 1.165) is 0 Å². The molecule has 0 radical (unpaired) electrons. The van der Waals surface area contributed by atoms with E-state index in [-0.39, 0.29) is 16.7 Å². The Labute approximate surface area is 114 Å². The Kier molecular flexibility index (Phi) is 3.26. The zero-order valence-corrected chi connectivity index (χ0v) is 11.9. The molecule has 5 heteroatoms. The van der Waals surface area contributed by atoms with Crippen LogP contribution in [0.3, 0.4) is 0 Å². The average molecular weight is 262 g/mol. The minimum Gasteiger partial charge on any atom is -0.350 e. The summed E-state index contributed by atoms with van der Waals surface area (Å²) in [5.74, 6) is 5.62. The summed E-state index contributed by atoms with van der Waals surface area (Å²) in [6.07, 6.45) is 1.54. The molecule has 0 atom stereocenters. The number of hydrogen-bond acceptors (Lipinski definition) is 4. The van der Waals surface area contributed by atoms with E-state index in [4.69, 9.17) is 5.84 Å². The summed E-state index contributed by atoms with van der Waals surface area (Å²) in [7, 11) is 0. The molecule has 0 saturated heterocycles. The smallest absolute Gasteiger partial charge is 0.269 e. The molecule has 1 aliphatic carbocycles. The lowest BCUT2D eigenvalue weighted by molar-refractivity contribution is 0.0945. The number of pyridine rings is 1. The van der Waals surface area contributed by atoms with E-state index in [9.17, 15) is 4.79 Å². The number of amides is 1. The first-order chi connectivity index (χ1) is 8.80. The molecule has 0 aromatic carbocycles. The van der Waals surface area contributed by atoms with Gasteiger partial charge in [0.15, 0.2) is 0 Å². The van der Waals surface area contributed by atoms with Gasteiger partial charge in [-0.1, -0.05) is 27.7 Å². The summed E-state index contributed by atoms with van der Waals surface area (Å²) in [5.41, 5.74) is 4.13.